The Labute approximate surface area is 84.8 Å². The third kappa shape index (κ3) is 2.01. The van der Waals surface area contributed by atoms with E-state index in [0.717, 1.165) is 0 Å². The maximum atomic E-state index is 12.6. The van der Waals surface area contributed by atoms with Crippen LogP contribution in [0.25, 0.3) is 0 Å². The summed E-state index contributed by atoms with van der Waals surface area (Å²) in [4.78, 5) is 10.7. The number of rotatable bonds is 3. The molecule has 0 aromatic heterocycles. The molecule has 0 aromatic carbocycles. The molecular weight excluding hydrogens is 212 g/mol. The first-order valence-corrected chi connectivity index (χ1v) is 5.04. The quantitative estimate of drug-likeness (QED) is 0.532. The van der Waals surface area contributed by atoms with Crippen molar-refractivity contribution in [2.45, 2.75) is 37.5 Å². The van der Waals surface area contributed by atoms with Crippen LogP contribution in [0.4, 0.5) is 17.6 Å². The summed E-state index contributed by atoms with van der Waals surface area (Å²) in [6, 6.07) is 0. The fraction of sp³-hybridized carbons (Fsp3) is 0.900. The van der Waals surface area contributed by atoms with E-state index in [0.29, 0.717) is 6.29 Å². The molecule has 0 atom stereocenters. The van der Waals surface area contributed by atoms with E-state index in [4.69, 9.17) is 0 Å². The van der Waals surface area contributed by atoms with Crippen molar-refractivity contribution in [3.63, 3.8) is 0 Å². The van der Waals surface area contributed by atoms with Gasteiger partial charge in [-0.1, -0.05) is 0 Å². The topological polar surface area (TPSA) is 17.1 Å². The van der Waals surface area contributed by atoms with Crippen LogP contribution >= 0.6 is 0 Å². The van der Waals surface area contributed by atoms with Gasteiger partial charge in [0.2, 0.25) is 11.8 Å². The van der Waals surface area contributed by atoms with Gasteiger partial charge in [-0.25, -0.2) is 17.6 Å². The molecular formula is C10H12F4O. The van der Waals surface area contributed by atoms with E-state index in [-0.39, 0.29) is 25.7 Å². The van der Waals surface area contributed by atoms with Gasteiger partial charge in [-0.2, -0.15) is 0 Å². The molecule has 2 rings (SSSR count). The van der Waals surface area contributed by atoms with Crippen LogP contribution in [0.1, 0.15) is 25.7 Å². The molecule has 1 nitrogen and oxygen atoms in total. The molecule has 0 heterocycles. The van der Waals surface area contributed by atoms with E-state index in [1.54, 1.807) is 0 Å². The highest BCUT2D eigenvalue weighted by molar-refractivity contribution is 5.55. The highest BCUT2D eigenvalue weighted by Gasteiger charge is 2.55. The minimum atomic E-state index is -2.68. The molecule has 15 heavy (non-hydrogen) atoms. The minimum Gasteiger partial charge on any atom is -0.303 e. The molecule has 2 saturated carbocycles. The number of aldehydes is 1. The van der Waals surface area contributed by atoms with E-state index >= 15 is 0 Å². The fourth-order valence-electron chi connectivity index (χ4n) is 2.57. The molecule has 0 bridgehead atoms. The van der Waals surface area contributed by atoms with Gasteiger partial charge in [-0.15, -0.1) is 0 Å². The van der Waals surface area contributed by atoms with Crippen LogP contribution in [-0.2, 0) is 4.79 Å². The first-order valence-electron chi connectivity index (χ1n) is 5.04. The number of alkyl halides is 4. The number of carbonyl (C=O) groups excluding carboxylic acids is 1. The lowest BCUT2D eigenvalue weighted by Crippen LogP contribution is -2.48. The molecule has 2 fully saturated rings. The summed E-state index contributed by atoms with van der Waals surface area (Å²) in [6.07, 6.45) is -0.701. The molecule has 0 aromatic rings. The summed E-state index contributed by atoms with van der Waals surface area (Å²) in [6.45, 7) is 0. The predicted octanol–water partition coefficient (Wildman–Crippen LogP) is 2.89. The Morgan fingerprint density at radius 3 is 1.47 bits per heavy atom. The Hall–Kier alpha value is -0.610. The van der Waals surface area contributed by atoms with Gasteiger partial charge >= 0.3 is 0 Å². The van der Waals surface area contributed by atoms with Crippen molar-refractivity contribution in [3.05, 3.63) is 0 Å². The second-order valence-corrected chi connectivity index (χ2v) is 4.76. The lowest BCUT2D eigenvalue weighted by molar-refractivity contribution is -0.171. The minimum absolute atomic E-state index is 0.321. The van der Waals surface area contributed by atoms with Crippen LogP contribution in [0.2, 0.25) is 0 Å². The van der Waals surface area contributed by atoms with Crippen LogP contribution in [-0.4, -0.2) is 18.1 Å². The summed E-state index contributed by atoms with van der Waals surface area (Å²) in [5.41, 5.74) is 0. The summed E-state index contributed by atoms with van der Waals surface area (Å²) < 4.78 is 50.2. The van der Waals surface area contributed by atoms with Gasteiger partial charge in [0.25, 0.3) is 0 Å². The Morgan fingerprint density at radius 2 is 1.27 bits per heavy atom. The first-order chi connectivity index (χ1) is 6.83. The molecule has 86 valence electrons. The van der Waals surface area contributed by atoms with Gasteiger partial charge in [0.1, 0.15) is 6.29 Å². The van der Waals surface area contributed by atoms with Crippen LogP contribution in [0.3, 0.4) is 0 Å². The summed E-state index contributed by atoms with van der Waals surface area (Å²) in [5, 5.41) is 0. The SMILES string of the molecule is O=CC(C1CC(F)(F)C1)C1CC(F)(F)C1. The predicted molar refractivity (Wildman–Crippen MR) is 44.9 cm³/mol. The van der Waals surface area contributed by atoms with Crippen molar-refractivity contribution in [2.75, 3.05) is 0 Å². The van der Waals surface area contributed by atoms with Gasteiger partial charge in [0.05, 0.1) is 0 Å². The molecule has 0 N–H and O–H groups in total. The Balaban J connectivity index is 1.88. The molecule has 0 aliphatic heterocycles. The lowest BCUT2D eigenvalue weighted by atomic mass is 9.63. The normalized spacial score (nSPS) is 29.7. The van der Waals surface area contributed by atoms with Crippen LogP contribution in [0.15, 0.2) is 0 Å². The lowest BCUT2D eigenvalue weighted by Gasteiger charge is -2.45. The van der Waals surface area contributed by atoms with Gasteiger partial charge in [-0.3, -0.25) is 0 Å². The van der Waals surface area contributed by atoms with Crippen LogP contribution < -0.4 is 0 Å². The summed E-state index contributed by atoms with van der Waals surface area (Å²) >= 11 is 0. The average molecular weight is 224 g/mol. The zero-order valence-corrected chi connectivity index (χ0v) is 8.06. The third-order valence-corrected chi connectivity index (χ3v) is 3.49. The van der Waals surface area contributed by atoms with Crippen LogP contribution in [0.5, 0.6) is 0 Å². The second kappa shape index (κ2) is 3.19. The van der Waals surface area contributed by atoms with Gasteiger partial charge in [0.15, 0.2) is 0 Å². The Morgan fingerprint density at radius 1 is 0.933 bits per heavy atom. The average Bonchev–Trinajstić information content (AvgIpc) is 1.98. The maximum Gasteiger partial charge on any atom is 0.248 e. The molecule has 0 saturated heterocycles. The Kier molecular flexibility index (Phi) is 2.32. The monoisotopic (exact) mass is 224 g/mol. The van der Waals surface area contributed by atoms with Crippen molar-refractivity contribution in [1.29, 1.82) is 0 Å². The number of carbonyl (C=O) groups is 1. The summed E-state index contributed by atoms with van der Waals surface area (Å²) in [5.74, 6) is -6.74. The largest absolute Gasteiger partial charge is 0.303 e. The smallest absolute Gasteiger partial charge is 0.248 e. The van der Waals surface area contributed by atoms with Crippen molar-refractivity contribution in [1.82, 2.24) is 0 Å². The van der Waals surface area contributed by atoms with Crippen molar-refractivity contribution in [2.24, 2.45) is 17.8 Å². The fourth-order valence-corrected chi connectivity index (χ4v) is 2.57. The van der Waals surface area contributed by atoms with E-state index in [1.807, 2.05) is 0 Å². The zero-order chi connectivity index (χ0) is 11.3. The number of hydrogen-bond acceptors (Lipinski definition) is 1. The number of halogens is 4. The highest BCUT2D eigenvalue weighted by atomic mass is 19.3. The molecule has 0 amide bonds. The second-order valence-electron chi connectivity index (χ2n) is 4.76. The Bertz CT molecular complexity index is 237. The van der Waals surface area contributed by atoms with Crippen molar-refractivity contribution in [3.8, 4) is 0 Å². The molecule has 0 unspecified atom stereocenters. The third-order valence-electron chi connectivity index (χ3n) is 3.49. The van der Waals surface area contributed by atoms with Gasteiger partial charge in [0, 0.05) is 31.6 Å². The maximum absolute atomic E-state index is 12.6. The van der Waals surface area contributed by atoms with Gasteiger partial charge in [-0.05, 0) is 11.8 Å². The van der Waals surface area contributed by atoms with Crippen molar-refractivity contribution < 1.29 is 22.4 Å². The van der Waals surface area contributed by atoms with Gasteiger partial charge < -0.3 is 4.79 Å². The number of hydrogen-bond donors (Lipinski definition) is 0. The molecule has 2 aliphatic carbocycles. The zero-order valence-electron chi connectivity index (χ0n) is 8.06. The van der Waals surface area contributed by atoms with E-state index < -0.39 is 29.6 Å². The molecule has 0 spiro atoms. The van der Waals surface area contributed by atoms with Crippen LogP contribution in [0, 0.1) is 17.8 Å². The molecule has 2 aliphatic rings. The van der Waals surface area contributed by atoms with E-state index in [9.17, 15) is 22.4 Å². The summed E-state index contributed by atoms with van der Waals surface area (Å²) in [7, 11) is 0. The molecule has 5 heteroatoms. The van der Waals surface area contributed by atoms with Crippen molar-refractivity contribution >= 4 is 6.29 Å². The van der Waals surface area contributed by atoms with E-state index in [2.05, 4.69) is 0 Å². The van der Waals surface area contributed by atoms with E-state index in [1.165, 1.54) is 0 Å². The molecule has 0 radical (unpaired) electrons. The first kappa shape index (κ1) is 10.9. The highest BCUT2D eigenvalue weighted by Crippen LogP contribution is 2.53. The standard InChI is InChI=1S/C10H12F4O/c11-9(12)1-6(2-9)8(5-15)7-3-10(13,14)4-7/h5-8H,1-4H2.